The molecule has 0 aliphatic carbocycles. The van der Waals surface area contributed by atoms with E-state index in [0.717, 1.165) is 22.4 Å². The molecule has 1 aliphatic heterocycles. The molecule has 3 rings (SSSR count). The number of cyclic esters (lactones) is 2. The third kappa shape index (κ3) is 5.26. The maximum atomic E-state index is 12.2. The molecule has 1 fully saturated rings. The average Bonchev–Trinajstić information content (AvgIpc) is 2.68. The minimum Gasteiger partial charge on any atom is -0.496 e. The number of esters is 2. The molecule has 1 saturated heterocycles. The molecule has 0 unspecified atom stereocenters. The Bertz CT molecular complexity index is 1010. The molecule has 1 aliphatic rings. The van der Waals surface area contributed by atoms with Crippen LogP contribution in [0.3, 0.4) is 0 Å². The summed E-state index contributed by atoms with van der Waals surface area (Å²) >= 11 is 0. The molecule has 6 heteroatoms. The molecule has 0 radical (unpaired) electrons. The SMILES string of the molecule is COc1ccc(C=C2C(=O)OC(C)(C)OC2=O)cc1COc1cc(C)ccc1C(C)C. The number of carbonyl (C=O) groups excluding carboxylic acids is 2. The van der Waals surface area contributed by atoms with Crippen molar-refractivity contribution in [2.45, 2.75) is 52.9 Å². The van der Waals surface area contributed by atoms with Crippen molar-refractivity contribution in [3.63, 3.8) is 0 Å². The van der Waals surface area contributed by atoms with Crippen LogP contribution in [0.5, 0.6) is 11.5 Å². The van der Waals surface area contributed by atoms with Crippen molar-refractivity contribution < 1.29 is 28.5 Å². The lowest BCUT2D eigenvalue weighted by molar-refractivity contribution is -0.222. The highest BCUT2D eigenvalue weighted by Crippen LogP contribution is 2.30. The quantitative estimate of drug-likeness (QED) is 0.372. The summed E-state index contributed by atoms with van der Waals surface area (Å²) in [6.45, 7) is 9.56. The van der Waals surface area contributed by atoms with E-state index >= 15 is 0 Å². The van der Waals surface area contributed by atoms with Crippen LogP contribution < -0.4 is 9.47 Å². The molecule has 0 aromatic heterocycles. The highest BCUT2D eigenvalue weighted by molar-refractivity contribution is 6.18. The van der Waals surface area contributed by atoms with Crippen molar-refractivity contribution >= 4 is 18.0 Å². The molecule has 1 heterocycles. The maximum Gasteiger partial charge on any atom is 0.348 e. The van der Waals surface area contributed by atoms with Gasteiger partial charge in [0.05, 0.1) is 7.11 Å². The minimum absolute atomic E-state index is 0.155. The fraction of sp³-hybridized carbons (Fsp3) is 0.360. The lowest BCUT2D eigenvalue weighted by Crippen LogP contribution is -2.41. The molecule has 0 saturated carbocycles. The van der Waals surface area contributed by atoms with Crippen molar-refractivity contribution in [1.82, 2.24) is 0 Å². The molecule has 164 valence electrons. The van der Waals surface area contributed by atoms with E-state index in [2.05, 4.69) is 26.0 Å². The van der Waals surface area contributed by atoms with E-state index < -0.39 is 17.7 Å². The Morgan fingerprint density at radius 3 is 2.29 bits per heavy atom. The Morgan fingerprint density at radius 1 is 1.00 bits per heavy atom. The van der Waals surface area contributed by atoms with Gasteiger partial charge < -0.3 is 18.9 Å². The van der Waals surface area contributed by atoms with Crippen LogP contribution in [0.25, 0.3) is 6.08 Å². The molecule has 6 nitrogen and oxygen atoms in total. The highest BCUT2D eigenvalue weighted by atomic mass is 16.7. The topological polar surface area (TPSA) is 71.1 Å². The van der Waals surface area contributed by atoms with Crippen LogP contribution in [0, 0.1) is 6.92 Å². The summed E-state index contributed by atoms with van der Waals surface area (Å²) in [7, 11) is 1.58. The number of methoxy groups -OCH3 is 1. The van der Waals surface area contributed by atoms with Crippen molar-refractivity contribution in [1.29, 1.82) is 0 Å². The highest BCUT2D eigenvalue weighted by Gasteiger charge is 2.38. The van der Waals surface area contributed by atoms with E-state index in [1.54, 1.807) is 19.2 Å². The van der Waals surface area contributed by atoms with Gasteiger partial charge in [-0.1, -0.05) is 32.0 Å². The Labute approximate surface area is 182 Å². The second-order valence-electron chi connectivity index (χ2n) is 8.29. The van der Waals surface area contributed by atoms with Crippen LogP contribution >= 0.6 is 0 Å². The smallest absolute Gasteiger partial charge is 0.348 e. The Hall–Kier alpha value is -3.28. The first-order valence-electron chi connectivity index (χ1n) is 10.2. The summed E-state index contributed by atoms with van der Waals surface area (Å²) < 4.78 is 21.9. The third-order valence-corrected chi connectivity index (χ3v) is 4.91. The summed E-state index contributed by atoms with van der Waals surface area (Å²) in [5.74, 6) is -0.904. The molecule has 0 bridgehead atoms. The Balaban J connectivity index is 1.88. The molecule has 0 spiro atoms. The van der Waals surface area contributed by atoms with Crippen LogP contribution in [0.4, 0.5) is 0 Å². The van der Waals surface area contributed by atoms with E-state index in [0.29, 0.717) is 17.2 Å². The lowest BCUT2D eigenvalue weighted by Gasteiger charge is -2.29. The maximum absolute atomic E-state index is 12.2. The monoisotopic (exact) mass is 424 g/mol. The summed E-state index contributed by atoms with van der Waals surface area (Å²) in [6.07, 6.45) is 1.45. The van der Waals surface area contributed by atoms with Crippen molar-refractivity contribution in [2.24, 2.45) is 0 Å². The van der Waals surface area contributed by atoms with Gasteiger partial charge in [0.15, 0.2) is 0 Å². The first-order valence-corrected chi connectivity index (χ1v) is 10.2. The largest absolute Gasteiger partial charge is 0.496 e. The Morgan fingerprint density at radius 2 is 1.68 bits per heavy atom. The second kappa shape index (κ2) is 8.84. The van der Waals surface area contributed by atoms with Gasteiger partial charge in [0, 0.05) is 19.4 Å². The van der Waals surface area contributed by atoms with Gasteiger partial charge in [0.2, 0.25) is 0 Å². The number of hydrogen-bond donors (Lipinski definition) is 0. The van der Waals surface area contributed by atoms with Gasteiger partial charge in [0.25, 0.3) is 5.79 Å². The van der Waals surface area contributed by atoms with E-state index in [1.807, 2.05) is 19.1 Å². The minimum atomic E-state index is -1.27. The molecule has 2 aromatic carbocycles. The molecule has 31 heavy (non-hydrogen) atoms. The summed E-state index contributed by atoms with van der Waals surface area (Å²) in [4.78, 5) is 24.5. The van der Waals surface area contributed by atoms with Crippen molar-refractivity contribution in [3.05, 3.63) is 64.2 Å². The normalized spacial score (nSPS) is 15.4. The standard InChI is InChI=1S/C25H28O6/c1-15(2)19-9-7-16(3)11-22(19)29-14-18-12-17(8-10-21(18)28-6)13-20-23(26)30-25(4,5)31-24(20)27/h7-13,15H,14H2,1-6H3. The Kier molecular flexibility index (Phi) is 6.39. The summed E-state index contributed by atoms with van der Waals surface area (Å²) in [6, 6.07) is 11.5. The summed E-state index contributed by atoms with van der Waals surface area (Å²) in [5.41, 5.74) is 3.50. The van der Waals surface area contributed by atoms with Crippen LogP contribution in [0.1, 0.15) is 55.9 Å². The predicted molar refractivity (Wildman–Crippen MR) is 117 cm³/mol. The molecule has 2 aromatic rings. The summed E-state index contributed by atoms with van der Waals surface area (Å²) in [5, 5.41) is 0. The van der Waals surface area contributed by atoms with Crippen LogP contribution in [0.15, 0.2) is 42.0 Å². The average molecular weight is 424 g/mol. The number of rotatable bonds is 6. The van der Waals surface area contributed by atoms with Gasteiger partial charge in [-0.15, -0.1) is 0 Å². The molecule has 0 N–H and O–H groups in total. The third-order valence-electron chi connectivity index (χ3n) is 4.91. The van der Waals surface area contributed by atoms with Gasteiger partial charge in [-0.2, -0.15) is 0 Å². The predicted octanol–water partition coefficient (Wildman–Crippen LogP) is 4.93. The van der Waals surface area contributed by atoms with E-state index in [1.165, 1.54) is 19.9 Å². The number of carbonyl (C=O) groups is 2. The zero-order valence-corrected chi connectivity index (χ0v) is 18.8. The fourth-order valence-corrected chi connectivity index (χ4v) is 3.35. The fourth-order valence-electron chi connectivity index (χ4n) is 3.35. The lowest BCUT2D eigenvalue weighted by atomic mass is 10.0. The molecule has 0 atom stereocenters. The second-order valence-corrected chi connectivity index (χ2v) is 8.29. The van der Waals surface area contributed by atoms with Crippen molar-refractivity contribution in [2.75, 3.05) is 7.11 Å². The zero-order valence-electron chi connectivity index (χ0n) is 18.8. The van der Waals surface area contributed by atoms with Crippen LogP contribution in [-0.2, 0) is 25.7 Å². The van der Waals surface area contributed by atoms with Gasteiger partial charge >= 0.3 is 11.9 Å². The van der Waals surface area contributed by atoms with Gasteiger partial charge in [0.1, 0.15) is 23.7 Å². The van der Waals surface area contributed by atoms with Gasteiger partial charge in [-0.25, -0.2) is 9.59 Å². The molecular formula is C25H28O6. The van der Waals surface area contributed by atoms with E-state index in [4.69, 9.17) is 18.9 Å². The van der Waals surface area contributed by atoms with E-state index in [9.17, 15) is 9.59 Å². The van der Waals surface area contributed by atoms with Gasteiger partial charge in [-0.05, 0) is 53.8 Å². The first-order chi connectivity index (χ1) is 14.6. The molecule has 0 amide bonds. The van der Waals surface area contributed by atoms with Crippen LogP contribution in [0.2, 0.25) is 0 Å². The molecular weight excluding hydrogens is 396 g/mol. The number of aryl methyl sites for hydroxylation is 1. The number of hydrogen-bond acceptors (Lipinski definition) is 6. The zero-order chi connectivity index (χ0) is 22.8. The number of ether oxygens (including phenoxy) is 4. The van der Waals surface area contributed by atoms with Crippen LogP contribution in [-0.4, -0.2) is 24.8 Å². The van der Waals surface area contributed by atoms with E-state index in [-0.39, 0.29) is 12.2 Å². The number of benzene rings is 2. The van der Waals surface area contributed by atoms with Gasteiger partial charge in [-0.3, -0.25) is 0 Å². The van der Waals surface area contributed by atoms with Crippen molar-refractivity contribution in [3.8, 4) is 11.5 Å². The first kappa shape index (κ1) is 22.4.